The molecule has 0 spiro atoms. The highest BCUT2D eigenvalue weighted by molar-refractivity contribution is 5.70. The van der Waals surface area contributed by atoms with E-state index >= 15 is 0 Å². The van der Waals surface area contributed by atoms with Gasteiger partial charge in [0, 0.05) is 6.54 Å². The van der Waals surface area contributed by atoms with Gasteiger partial charge in [-0.25, -0.2) is 9.78 Å². The first-order chi connectivity index (χ1) is 10.7. The van der Waals surface area contributed by atoms with Crippen LogP contribution in [0.5, 0.6) is 0 Å². The van der Waals surface area contributed by atoms with E-state index in [1.54, 1.807) is 6.33 Å². The standard InChI is InChI=1S/C16H18N4O2/c1-2-3-9-19-11-17-14-13(19)15(21)18-16(22)20(14)10-12-7-5-4-6-8-12/h4-8,11H,2-3,9-10H2,1H3,(H,18,21,22). The van der Waals surface area contributed by atoms with Gasteiger partial charge in [-0.3, -0.25) is 14.3 Å². The molecule has 0 amide bonds. The number of benzene rings is 1. The third-order valence-corrected chi connectivity index (χ3v) is 3.69. The molecule has 0 unspecified atom stereocenters. The zero-order chi connectivity index (χ0) is 15.5. The second-order valence-corrected chi connectivity index (χ2v) is 5.29. The Morgan fingerprint density at radius 2 is 1.95 bits per heavy atom. The second kappa shape index (κ2) is 6.01. The Kier molecular flexibility index (Phi) is 3.91. The maximum atomic E-state index is 12.1. The summed E-state index contributed by atoms with van der Waals surface area (Å²) in [6.45, 7) is 3.20. The van der Waals surface area contributed by atoms with Crippen molar-refractivity contribution in [3.05, 3.63) is 63.1 Å². The summed E-state index contributed by atoms with van der Waals surface area (Å²) in [7, 11) is 0. The second-order valence-electron chi connectivity index (χ2n) is 5.29. The lowest BCUT2D eigenvalue weighted by atomic mass is 10.2. The molecule has 1 aromatic carbocycles. The highest BCUT2D eigenvalue weighted by Crippen LogP contribution is 2.09. The summed E-state index contributed by atoms with van der Waals surface area (Å²) in [4.78, 5) is 31.0. The summed E-state index contributed by atoms with van der Waals surface area (Å²) in [6, 6.07) is 9.65. The molecule has 114 valence electrons. The predicted octanol–water partition coefficient (Wildman–Crippen LogP) is 1.73. The van der Waals surface area contributed by atoms with Gasteiger partial charge in [0.15, 0.2) is 11.2 Å². The lowest BCUT2D eigenvalue weighted by molar-refractivity contribution is 0.643. The van der Waals surface area contributed by atoms with Gasteiger partial charge in [0.25, 0.3) is 5.56 Å². The van der Waals surface area contributed by atoms with Gasteiger partial charge in [-0.15, -0.1) is 0 Å². The van der Waals surface area contributed by atoms with Gasteiger partial charge in [-0.05, 0) is 12.0 Å². The number of unbranched alkanes of at least 4 members (excludes halogenated alkanes) is 1. The molecule has 6 heteroatoms. The maximum absolute atomic E-state index is 12.1. The minimum absolute atomic E-state index is 0.377. The van der Waals surface area contributed by atoms with Crippen molar-refractivity contribution >= 4 is 11.2 Å². The van der Waals surface area contributed by atoms with Gasteiger partial charge in [0.05, 0.1) is 12.9 Å². The summed E-state index contributed by atoms with van der Waals surface area (Å²) in [5.74, 6) is 0. The van der Waals surface area contributed by atoms with Crippen molar-refractivity contribution < 1.29 is 0 Å². The molecule has 0 fully saturated rings. The summed E-state index contributed by atoms with van der Waals surface area (Å²) < 4.78 is 3.33. The minimum Gasteiger partial charge on any atom is -0.325 e. The van der Waals surface area contributed by atoms with Crippen LogP contribution in [0, 0.1) is 0 Å². The van der Waals surface area contributed by atoms with E-state index in [9.17, 15) is 9.59 Å². The van der Waals surface area contributed by atoms with Crippen LogP contribution in [-0.2, 0) is 13.1 Å². The van der Waals surface area contributed by atoms with Gasteiger partial charge in [-0.2, -0.15) is 0 Å². The van der Waals surface area contributed by atoms with Crippen LogP contribution < -0.4 is 11.2 Å². The van der Waals surface area contributed by atoms with E-state index in [1.807, 2.05) is 34.9 Å². The molecule has 6 nitrogen and oxygen atoms in total. The number of hydrogen-bond acceptors (Lipinski definition) is 3. The largest absolute Gasteiger partial charge is 0.330 e. The molecule has 3 aromatic rings. The van der Waals surface area contributed by atoms with E-state index in [4.69, 9.17) is 0 Å². The molecule has 0 radical (unpaired) electrons. The third kappa shape index (κ3) is 2.59. The molecular weight excluding hydrogens is 280 g/mol. The summed E-state index contributed by atoms with van der Waals surface area (Å²) in [5, 5.41) is 0. The fourth-order valence-electron chi connectivity index (χ4n) is 2.53. The number of hydrogen-bond donors (Lipinski definition) is 1. The Morgan fingerprint density at radius 1 is 1.18 bits per heavy atom. The first-order valence-corrected chi connectivity index (χ1v) is 7.42. The predicted molar refractivity (Wildman–Crippen MR) is 85.1 cm³/mol. The molecule has 0 aliphatic carbocycles. The summed E-state index contributed by atoms with van der Waals surface area (Å²) in [6.07, 6.45) is 3.63. The van der Waals surface area contributed by atoms with Crippen molar-refractivity contribution in [3.63, 3.8) is 0 Å². The van der Waals surface area contributed by atoms with Gasteiger partial charge in [0.1, 0.15) is 0 Å². The van der Waals surface area contributed by atoms with Gasteiger partial charge in [0.2, 0.25) is 0 Å². The lowest BCUT2D eigenvalue weighted by Crippen LogP contribution is -2.31. The third-order valence-electron chi connectivity index (χ3n) is 3.69. The monoisotopic (exact) mass is 298 g/mol. The quantitative estimate of drug-likeness (QED) is 0.779. The highest BCUT2D eigenvalue weighted by Gasteiger charge is 2.13. The molecule has 0 saturated heterocycles. The first kappa shape index (κ1) is 14.3. The molecular formula is C16H18N4O2. The van der Waals surface area contributed by atoms with Crippen LogP contribution in [-0.4, -0.2) is 19.1 Å². The van der Waals surface area contributed by atoms with Gasteiger partial charge < -0.3 is 4.57 Å². The van der Waals surface area contributed by atoms with E-state index in [0.29, 0.717) is 17.7 Å². The van der Waals surface area contributed by atoms with Gasteiger partial charge in [-0.1, -0.05) is 43.7 Å². The fraction of sp³-hybridized carbons (Fsp3) is 0.312. The molecule has 0 bridgehead atoms. The summed E-state index contributed by atoms with van der Waals surface area (Å²) >= 11 is 0. The Hall–Kier alpha value is -2.63. The van der Waals surface area contributed by atoms with Crippen molar-refractivity contribution in [1.29, 1.82) is 0 Å². The number of imidazole rings is 1. The number of aryl methyl sites for hydroxylation is 1. The maximum Gasteiger partial charge on any atom is 0.330 e. The number of aromatic nitrogens is 4. The van der Waals surface area contributed by atoms with Crippen LogP contribution in [0.15, 0.2) is 46.2 Å². The summed E-state index contributed by atoms with van der Waals surface area (Å²) in [5.41, 5.74) is 1.08. The molecule has 22 heavy (non-hydrogen) atoms. The number of aromatic amines is 1. The molecule has 0 aliphatic rings. The Labute approximate surface area is 127 Å². The molecule has 0 saturated carbocycles. The topological polar surface area (TPSA) is 72.7 Å². The zero-order valence-corrected chi connectivity index (χ0v) is 12.5. The molecule has 2 heterocycles. The number of nitrogens with zero attached hydrogens (tertiary/aromatic N) is 3. The van der Waals surface area contributed by atoms with Crippen LogP contribution in [0.1, 0.15) is 25.3 Å². The van der Waals surface area contributed by atoms with Gasteiger partial charge >= 0.3 is 5.69 Å². The number of fused-ring (bicyclic) bond motifs is 1. The Bertz CT molecular complexity index is 890. The average molecular weight is 298 g/mol. The molecule has 0 atom stereocenters. The fourth-order valence-corrected chi connectivity index (χ4v) is 2.53. The SMILES string of the molecule is CCCCn1cnc2c1c(=O)[nH]c(=O)n2Cc1ccccc1. The molecule has 0 aliphatic heterocycles. The van der Waals surface area contributed by atoms with E-state index in [2.05, 4.69) is 16.9 Å². The lowest BCUT2D eigenvalue weighted by Gasteiger charge is -2.07. The smallest absolute Gasteiger partial charge is 0.325 e. The van der Waals surface area contributed by atoms with Crippen LogP contribution in [0.2, 0.25) is 0 Å². The van der Waals surface area contributed by atoms with E-state index in [0.717, 1.165) is 24.9 Å². The molecule has 2 aromatic heterocycles. The molecule has 3 rings (SSSR count). The average Bonchev–Trinajstić information content (AvgIpc) is 2.94. The van der Waals surface area contributed by atoms with Crippen molar-refractivity contribution in [2.45, 2.75) is 32.9 Å². The van der Waals surface area contributed by atoms with E-state index < -0.39 is 5.69 Å². The number of nitrogens with one attached hydrogen (secondary N) is 1. The van der Waals surface area contributed by atoms with Crippen LogP contribution in [0.3, 0.4) is 0 Å². The zero-order valence-electron chi connectivity index (χ0n) is 12.5. The number of H-pyrrole nitrogens is 1. The van der Waals surface area contributed by atoms with Crippen molar-refractivity contribution in [2.75, 3.05) is 0 Å². The minimum atomic E-state index is -0.429. The van der Waals surface area contributed by atoms with Crippen LogP contribution >= 0.6 is 0 Å². The van der Waals surface area contributed by atoms with Crippen LogP contribution in [0.4, 0.5) is 0 Å². The Morgan fingerprint density at radius 3 is 2.68 bits per heavy atom. The normalized spacial score (nSPS) is 11.1. The van der Waals surface area contributed by atoms with E-state index in [-0.39, 0.29) is 5.56 Å². The van der Waals surface area contributed by atoms with Crippen molar-refractivity contribution in [3.8, 4) is 0 Å². The van der Waals surface area contributed by atoms with Crippen molar-refractivity contribution in [1.82, 2.24) is 19.1 Å². The van der Waals surface area contributed by atoms with E-state index in [1.165, 1.54) is 4.57 Å². The number of rotatable bonds is 5. The van der Waals surface area contributed by atoms with Crippen LogP contribution in [0.25, 0.3) is 11.2 Å². The Balaban J connectivity index is 2.12. The first-order valence-electron chi connectivity index (χ1n) is 7.42. The molecule has 1 N–H and O–H groups in total. The highest BCUT2D eigenvalue weighted by atomic mass is 16.2. The van der Waals surface area contributed by atoms with Crippen molar-refractivity contribution in [2.24, 2.45) is 0 Å².